The molecule has 0 rings (SSSR count). The van der Waals surface area contributed by atoms with E-state index in [0.29, 0.717) is 13.0 Å². The van der Waals surface area contributed by atoms with Crippen molar-refractivity contribution in [1.82, 2.24) is 5.32 Å². The molecule has 0 fully saturated rings. The topological polar surface area (TPSA) is 75.6 Å². The van der Waals surface area contributed by atoms with Crippen LogP contribution in [0.1, 0.15) is 13.3 Å². The molecule has 12 heavy (non-hydrogen) atoms. The average molecular weight is 197 g/mol. The first-order valence-corrected chi connectivity index (χ1v) is 5.28. The van der Waals surface area contributed by atoms with Crippen LogP contribution in [0.15, 0.2) is 0 Å². The zero-order valence-corrected chi connectivity index (χ0v) is 8.10. The monoisotopic (exact) mass is 197 g/mol. The molecule has 0 amide bonds. The Bertz CT molecular complexity index is 202. The van der Waals surface area contributed by atoms with Gasteiger partial charge in [0.1, 0.15) is 6.23 Å². The summed E-state index contributed by atoms with van der Waals surface area (Å²) in [4.78, 5) is 0. The van der Waals surface area contributed by atoms with E-state index in [1.807, 2.05) is 6.92 Å². The van der Waals surface area contributed by atoms with Gasteiger partial charge in [0.15, 0.2) is 0 Å². The summed E-state index contributed by atoms with van der Waals surface area (Å²) in [5.74, 6) is -0.212. The van der Waals surface area contributed by atoms with Crippen molar-refractivity contribution in [3.05, 3.63) is 0 Å². The van der Waals surface area contributed by atoms with Gasteiger partial charge in [-0.1, -0.05) is 0 Å². The molecular weight excluding hydrogens is 182 g/mol. The summed E-state index contributed by atoms with van der Waals surface area (Å²) in [5, 5.41) is 2.91. The molecule has 0 saturated carbocycles. The molecule has 0 aliphatic rings. The summed E-state index contributed by atoms with van der Waals surface area (Å²) < 4.78 is 33.7. The van der Waals surface area contributed by atoms with E-state index in [-0.39, 0.29) is 12.0 Å². The van der Waals surface area contributed by atoms with Crippen LogP contribution in [0, 0.1) is 0 Å². The molecule has 5 nitrogen and oxygen atoms in total. The van der Waals surface area contributed by atoms with Gasteiger partial charge in [-0.3, -0.25) is 9.87 Å². The minimum atomic E-state index is -3.81. The van der Waals surface area contributed by atoms with E-state index in [0.717, 1.165) is 0 Å². The van der Waals surface area contributed by atoms with Gasteiger partial charge in [-0.15, -0.1) is 0 Å². The van der Waals surface area contributed by atoms with Crippen molar-refractivity contribution in [2.75, 3.05) is 19.4 Å². The predicted octanol–water partition coefficient (Wildman–Crippen LogP) is -0.154. The van der Waals surface area contributed by atoms with E-state index < -0.39 is 10.1 Å². The maximum absolute atomic E-state index is 10.2. The van der Waals surface area contributed by atoms with Crippen LogP contribution in [0.3, 0.4) is 0 Å². The SMILES string of the molecule is COC(C)NCCCS(=O)(=O)O. The van der Waals surface area contributed by atoms with Crippen LogP contribution in [-0.4, -0.2) is 38.6 Å². The smallest absolute Gasteiger partial charge is 0.264 e. The summed E-state index contributed by atoms with van der Waals surface area (Å²) >= 11 is 0. The molecule has 1 atom stereocenters. The molecule has 0 aliphatic heterocycles. The first-order valence-electron chi connectivity index (χ1n) is 3.67. The lowest BCUT2D eigenvalue weighted by molar-refractivity contribution is 0.0898. The van der Waals surface area contributed by atoms with Crippen molar-refractivity contribution in [3.63, 3.8) is 0 Å². The fraction of sp³-hybridized carbons (Fsp3) is 1.00. The molecule has 0 bridgehead atoms. The molecule has 0 aromatic rings. The predicted molar refractivity (Wildman–Crippen MR) is 45.5 cm³/mol. The van der Waals surface area contributed by atoms with E-state index in [9.17, 15) is 8.42 Å². The Balaban J connectivity index is 3.34. The lowest BCUT2D eigenvalue weighted by Gasteiger charge is -2.10. The van der Waals surface area contributed by atoms with Crippen molar-refractivity contribution in [1.29, 1.82) is 0 Å². The normalized spacial score (nSPS) is 14.6. The van der Waals surface area contributed by atoms with Crippen molar-refractivity contribution in [2.45, 2.75) is 19.6 Å². The molecule has 74 valence electrons. The molecule has 6 heteroatoms. The second-order valence-electron chi connectivity index (χ2n) is 2.47. The number of hydrogen-bond acceptors (Lipinski definition) is 4. The number of methoxy groups -OCH3 is 1. The summed E-state index contributed by atoms with van der Waals surface area (Å²) in [6, 6.07) is 0. The molecule has 0 saturated heterocycles. The van der Waals surface area contributed by atoms with E-state index >= 15 is 0 Å². The van der Waals surface area contributed by atoms with Gasteiger partial charge >= 0.3 is 0 Å². The van der Waals surface area contributed by atoms with Gasteiger partial charge in [0.2, 0.25) is 0 Å². The minimum absolute atomic E-state index is 0.0913. The Labute approximate surface area is 72.9 Å². The van der Waals surface area contributed by atoms with Gasteiger partial charge in [0, 0.05) is 7.11 Å². The van der Waals surface area contributed by atoms with Gasteiger partial charge < -0.3 is 4.74 Å². The first kappa shape index (κ1) is 11.8. The van der Waals surface area contributed by atoms with Crippen LogP contribution in [0.2, 0.25) is 0 Å². The number of ether oxygens (including phenoxy) is 1. The fourth-order valence-corrected chi connectivity index (χ4v) is 1.15. The molecular formula is C6H15NO4S. The van der Waals surface area contributed by atoms with Gasteiger partial charge in [-0.05, 0) is 19.9 Å². The number of rotatable bonds is 6. The summed E-state index contributed by atoms with van der Waals surface area (Å²) in [5.41, 5.74) is 0. The molecule has 0 aromatic heterocycles. The Kier molecular flexibility index (Phi) is 5.39. The van der Waals surface area contributed by atoms with Crippen molar-refractivity contribution >= 4 is 10.1 Å². The Morgan fingerprint density at radius 3 is 2.58 bits per heavy atom. The van der Waals surface area contributed by atoms with Gasteiger partial charge in [-0.2, -0.15) is 8.42 Å². The third-order valence-electron chi connectivity index (χ3n) is 1.36. The van der Waals surface area contributed by atoms with E-state index in [1.165, 1.54) is 0 Å². The zero-order valence-electron chi connectivity index (χ0n) is 7.28. The molecule has 1 unspecified atom stereocenters. The Morgan fingerprint density at radius 1 is 1.58 bits per heavy atom. The number of hydrogen-bond donors (Lipinski definition) is 2. The van der Waals surface area contributed by atoms with Crippen LogP contribution in [-0.2, 0) is 14.9 Å². The minimum Gasteiger partial charge on any atom is -0.367 e. The van der Waals surface area contributed by atoms with Crippen molar-refractivity contribution < 1.29 is 17.7 Å². The zero-order chi connectivity index (χ0) is 9.61. The van der Waals surface area contributed by atoms with Gasteiger partial charge in [-0.25, -0.2) is 0 Å². The highest BCUT2D eigenvalue weighted by atomic mass is 32.2. The average Bonchev–Trinajstić information content (AvgIpc) is 1.96. The maximum Gasteiger partial charge on any atom is 0.264 e. The van der Waals surface area contributed by atoms with E-state index in [1.54, 1.807) is 7.11 Å². The standard InChI is InChI=1S/C6H15NO4S/c1-6(11-2)7-4-3-5-12(8,9)10/h6-7H,3-5H2,1-2H3,(H,8,9,10). The van der Waals surface area contributed by atoms with E-state index in [4.69, 9.17) is 9.29 Å². The van der Waals surface area contributed by atoms with Gasteiger partial charge in [0.05, 0.1) is 5.75 Å². The number of nitrogens with one attached hydrogen (secondary N) is 1. The lowest BCUT2D eigenvalue weighted by atomic mass is 10.4. The Hall–Kier alpha value is -0.170. The van der Waals surface area contributed by atoms with E-state index in [2.05, 4.69) is 5.32 Å². The largest absolute Gasteiger partial charge is 0.367 e. The highest BCUT2D eigenvalue weighted by Crippen LogP contribution is 1.88. The summed E-state index contributed by atoms with van der Waals surface area (Å²) in [6.07, 6.45) is 0.290. The molecule has 0 spiro atoms. The lowest BCUT2D eigenvalue weighted by Crippen LogP contribution is -2.29. The van der Waals surface area contributed by atoms with Gasteiger partial charge in [0.25, 0.3) is 10.1 Å². The summed E-state index contributed by atoms with van der Waals surface area (Å²) in [7, 11) is -2.25. The molecule has 0 radical (unpaired) electrons. The van der Waals surface area contributed by atoms with Crippen LogP contribution in [0.25, 0.3) is 0 Å². The molecule has 0 aromatic carbocycles. The molecule has 0 aliphatic carbocycles. The maximum atomic E-state index is 10.2. The third-order valence-corrected chi connectivity index (χ3v) is 2.17. The summed E-state index contributed by atoms with van der Waals surface area (Å²) in [6.45, 7) is 2.32. The highest BCUT2D eigenvalue weighted by molar-refractivity contribution is 7.85. The van der Waals surface area contributed by atoms with Crippen LogP contribution in [0.4, 0.5) is 0 Å². The second-order valence-corrected chi connectivity index (χ2v) is 4.04. The van der Waals surface area contributed by atoms with Crippen molar-refractivity contribution in [3.8, 4) is 0 Å². The quantitative estimate of drug-likeness (QED) is 0.352. The first-order chi connectivity index (χ1) is 5.45. The van der Waals surface area contributed by atoms with Crippen molar-refractivity contribution in [2.24, 2.45) is 0 Å². The highest BCUT2D eigenvalue weighted by Gasteiger charge is 2.03. The van der Waals surface area contributed by atoms with Crippen LogP contribution >= 0.6 is 0 Å². The molecule has 2 N–H and O–H groups in total. The Morgan fingerprint density at radius 2 is 2.17 bits per heavy atom. The fourth-order valence-electron chi connectivity index (χ4n) is 0.643. The van der Waals surface area contributed by atoms with Crippen LogP contribution in [0.5, 0.6) is 0 Å². The molecule has 0 heterocycles. The van der Waals surface area contributed by atoms with Crippen LogP contribution < -0.4 is 5.32 Å². The third kappa shape index (κ3) is 7.93. The second kappa shape index (κ2) is 5.47.